The second kappa shape index (κ2) is 6.42. The summed E-state index contributed by atoms with van der Waals surface area (Å²) in [7, 11) is 0. The van der Waals surface area contributed by atoms with Gasteiger partial charge in [0.2, 0.25) is 0 Å². The number of rotatable bonds is 2. The fourth-order valence-corrected chi connectivity index (χ4v) is 1.97. The zero-order chi connectivity index (χ0) is 13.8. The number of hydrogen-bond acceptors (Lipinski definition) is 2. The van der Waals surface area contributed by atoms with Gasteiger partial charge in [-0.05, 0) is 24.3 Å². The van der Waals surface area contributed by atoms with Crippen molar-refractivity contribution in [2.24, 2.45) is 9.98 Å². The van der Waals surface area contributed by atoms with Gasteiger partial charge in [-0.15, -0.1) is 0 Å². The van der Waals surface area contributed by atoms with Crippen LogP contribution in [0, 0.1) is 0 Å². The van der Waals surface area contributed by atoms with Crippen molar-refractivity contribution in [1.29, 1.82) is 0 Å². The fourth-order valence-electron chi connectivity index (χ4n) is 1.29. The summed E-state index contributed by atoms with van der Waals surface area (Å²) in [5.41, 5.74) is 0.965. The summed E-state index contributed by atoms with van der Waals surface area (Å²) in [5.74, 6) is 0. The van der Waals surface area contributed by atoms with Crippen LogP contribution < -0.4 is 0 Å². The fraction of sp³-hybridized carbons (Fsp3) is 0. The van der Waals surface area contributed by atoms with Crippen molar-refractivity contribution in [3.05, 3.63) is 56.5 Å². The van der Waals surface area contributed by atoms with Gasteiger partial charge in [-0.1, -0.05) is 58.5 Å². The molecule has 6 heteroatoms. The monoisotopic (exact) mass is 330 g/mol. The smallest absolute Gasteiger partial charge is 0.101 e. The summed E-state index contributed by atoms with van der Waals surface area (Å²) in [4.78, 5) is 8.00. The summed E-state index contributed by atoms with van der Waals surface area (Å²) in [5, 5.41) is 1.55. The summed E-state index contributed by atoms with van der Waals surface area (Å²) in [6.07, 6.45) is 0. The van der Waals surface area contributed by atoms with Crippen LogP contribution in [0.2, 0.25) is 20.1 Å². The summed E-state index contributed by atoms with van der Waals surface area (Å²) < 4.78 is 0. The van der Waals surface area contributed by atoms with Gasteiger partial charge >= 0.3 is 0 Å². The number of halogens is 4. The molecular weight excluding hydrogens is 326 g/mol. The van der Waals surface area contributed by atoms with E-state index in [2.05, 4.69) is 16.0 Å². The normalized spacial score (nSPS) is 9.89. The van der Waals surface area contributed by atoms with Gasteiger partial charge in [0, 0.05) is 0 Å². The highest BCUT2D eigenvalue weighted by Crippen LogP contribution is 2.32. The molecule has 0 aromatic heterocycles. The van der Waals surface area contributed by atoms with Gasteiger partial charge in [-0.25, -0.2) is 0 Å². The molecule has 0 aliphatic rings. The zero-order valence-corrected chi connectivity index (χ0v) is 12.4. The van der Waals surface area contributed by atoms with Crippen molar-refractivity contribution >= 4 is 63.8 Å². The molecule has 0 bridgehead atoms. The highest BCUT2D eigenvalue weighted by molar-refractivity contribution is 6.44. The van der Waals surface area contributed by atoms with E-state index in [-0.39, 0.29) is 0 Å². The largest absolute Gasteiger partial charge is 0.186 e. The second-order valence-corrected chi connectivity index (χ2v) is 5.04. The molecule has 0 unspecified atom stereocenters. The van der Waals surface area contributed by atoms with Crippen molar-refractivity contribution < 1.29 is 0 Å². The molecule has 2 nitrogen and oxygen atoms in total. The second-order valence-electron chi connectivity index (χ2n) is 3.47. The van der Waals surface area contributed by atoms with Crippen LogP contribution in [0.4, 0.5) is 11.4 Å². The predicted octanol–water partition coefficient (Wildman–Crippen LogP) is 6.44. The van der Waals surface area contributed by atoms with E-state index in [9.17, 15) is 0 Å². The van der Waals surface area contributed by atoms with Crippen LogP contribution >= 0.6 is 46.4 Å². The Hall–Kier alpha value is -1.02. The molecule has 0 aliphatic heterocycles. The minimum Gasteiger partial charge on any atom is -0.186 e. The van der Waals surface area contributed by atoms with Gasteiger partial charge in [0.05, 0.1) is 31.5 Å². The first-order valence-electron chi connectivity index (χ1n) is 5.14. The van der Waals surface area contributed by atoms with Crippen molar-refractivity contribution in [2.45, 2.75) is 0 Å². The third-order valence-corrected chi connectivity index (χ3v) is 3.82. The zero-order valence-electron chi connectivity index (χ0n) is 9.37. The lowest BCUT2D eigenvalue weighted by Crippen LogP contribution is -1.71. The SMILES string of the molecule is Clc1cccc(N=C=Nc2cccc(Cl)c2Cl)c1Cl. The molecule has 0 saturated heterocycles. The highest BCUT2D eigenvalue weighted by Gasteiger charge is 2.03. The molecule has 0 spiro atoms. The Morgan fingerprint density at radius 3 is 1.53 bits per heavy atom. The van der Waals surface area contributed by atoms with E-state index in [1.807, 2.05) is 0 Å². The lowest BCUT2D eigenvalue weighted by molar-refractivity contribution is 1.49. The maximum atomic E-state index is 5.98. The average molecular weight is 332 g/mol. The number of benzene rings is 2. The molecule has 2 rings (SSSR count). The molecule has 2 aromatic rings. The van der Waals surface area contributed by atoms with E-state index in [0.29, 0.717) is 31.5 Å². The number of nitrogens with zero attached hydrogens (tertiary/aromatic N) is 2. The van der Waals surface area contributed by atoms with Crippen molar-refractivity contribution in [3.63, 3.8) is 0 Å². The first-order chi connectivity index (χ1) is 9.09. The molecular formula is C13H6Cl4N2. The van der Waals surface area contributed by atoms with Gasteiger partial charge in [0.1, 0.15) is 6.01 Å². The molecule has 0 fully saturated rings. The molecule has 0 aliphatic carbocycles. The first kappa shape index (κ1) is 14.4. The Balaban J connectivity index is 2.34. The molecule has 0 saturated carbocycles. The van der Waals surface area contributed by atoms with E-state index in [0.717, 1.165) is 0 Å². The van der Waals surface area contributed by atoms with Gasteiger partial charge in [0.15, 0.2) is 0 Å². The number of hydrogen-bond donors (Lipinski definition) is 0. The van der Waals surface area contributed by atoms with E-state index in [1.54, 1.807) is 36.4 Å². The molecule has 96 valence electrons. The molecule has 0 amide bonds. The van der Waals surface area contributed by atoms with Crippen molar-refractivity contribution in [2.75, 3.05) is 0 Å². The quantitative estimate of drug-likeness (QED) is 0.566. The van der Waals surface area contributed by atoms with Gasteiger partial charge < -0.3 is 0 Å². The van der Waals surface area contributed by atoms with Crippen LogP contribution in [0.3, 0.4) is 0 Å². The van der Waals surface area contributed by atoms with E-state index >= 15 is 0 Å². The predicted molar refractivity (Wildman–Crippen MR) is 82.1 cm³/mol. The standard InChI is InChI=1S/C13H6Cl4N2/c14-8-3-1-5-10(12(8)16)18-7-19-11-6-2-4-9(15)13(11)17/h1-6H. The minimum absolute atomic E-state index is 0.351. The van der Waals surface area contributed by atoms with Crippen LogP contribution in [-0.2, 0) is 0 Å². The molecule has 0 heterocycles. The summed E-state index contributed by atoms with van der Waals surface area (Å²) in [6.45, 7) is 0. The van der Waals surface area contributed by atoms with Crippen LogP contribution in [-0.4, -0.2) is 6.01 Å². The summed E-state index contributed by atoms with van der Waals surface area (Å²) in [6, 6.07) is 12.8. The average Bonchev–Trinajstić information content (AvgIpc) is 2.39. The Bertz CT molecular complexity index is 621. The van der Waals surface area contributed by atoms with E-state index in [1.165, 1.54) is 0 Å². The van der Waals surface area contributed by atoms with Crippen LogP contribution in [0.5, 0.6) is 0 Å². The maximum absolute atomic E-state index is 5.98. The Labute approximate surface area is 130 Å². The van der Waals surface area contributed by atoms with Crippen molar-refractivity contribution in [3.8, 4) is 0 Å². The third kappa shape index (κ3) is 3.50. The maximum Gasteiger partial charge on any atom is 0.101 e. The van der Waals surface area contributed by atoms with E-state index < -0.39 is 0 Å². The lowest BCUT2D eigenvalue weighted by Gasteiger charge is -1.98. The van der Waals surface area contributed by atoms with Crippen molar-refractivity contribution in [1.82, 2.24) is 0 Å². The Kier molecular flexibility index (Phi) is 4.87. The van der Waals surface area contributed by atoms with Crippen LogP contribution in [0.15, 0.2) is 46.4 Å². The summed E-state index contributed by atoms with van der Waals surface area (Å²) >= 11 is 23.7. The molecule has 0 N–H and O–H groups in total. The highest BCUT2D eigenvalue weighted by atomic mass is 35.5. The topological polar surface area (TPSA) is 24.7 Å². The molecule has 19 heavy (non-hydrogen) atoms. The van der Waals surface area contributed by atoms with Gasteiger partial charge in [0.25, 0.3) is 0 Å². The molecule has 0 radical (unpaired) electrons. The Morgan fingerprint density at radius 1 is 0.684 bits per heavy atom. The lowest BCUT2D eigenvalue weighted by atomic mass is 10.3. The molecule has 0 atom stereocenters. The molecule has 2 aromatic carbocycles. The van der Waals surface area contributed by atoms with E-state index in [4.69, 9.17) is 46.4 Å². The number of aliphatic imine (C=N–C) groups is 2. The van der Waals surface area contributed by atoms with Gasteiger partial charge in [-0.2, -0.15) is 9.98 Å². The van der Waals surface area contributed by atoms with Crippen LogP contribution in [0.25, 0.3) is 0 Å². The first-order valence-corrected chi connectivity index (χ1v) is 6.65. The van der Waals surface area contributed by atoms with Gasteiger partial charge in [-0.3, -0.25) is 0 Å². The third-order valence-electron chi connectivity index (χ3n) is 2.20. The Morgan fingerprint density at radius 2 is 1.11 bits per heavy atom. The minimum atomic E-state index is 0.351. The van der Waals surface area contributed by atoms with Crippen LogP contribution in [0.1, 0.15) is 0 Å².